The lowest BCUT2D eigenvalue weighted by Gasteiger charge is -2.23. The molecule has 1 saturated heterocycles. The first-order valence-corrected chi connectivity index (χ1v) is 14.8. The Morgan fingerprint density at radius 2 is 1.79 bits per heavy atom. The average molecular weight is 544 g/mol. The third-order valence-corrected chi connectivity index (χ3v) is 6.65. The zero-order valence-corrected chi connectivity index (χ0v) is 26.0. The molecule has 4 nitrogen and oxygen atoms in total. The average Bonchev–Trinajstić information content (AvgIpc) is 3.33. The molecule has 2 N–H and O–H groups in total. The number of benzene rings is 1. The SMILES string of the molecule is C=C(C)/C=C\C=C/C.C=C(CCl)NCc1cc(CC)c(C)cc1NC(=O)N1CCCC1C.CCCCCC. The van der Waals surface area contributed by atoms with Crippen LogP contribution in [0, 0.1) is 6.92 Å². The molecular formula is C33H54ClN3O. The molecule has 0 aliphatic carbocycles. The molecule has 1 heterocycles. The lowest BCUT2D eigenvalue weighted by Crippen LogP contribution is -2.37. The number of hydrogen-bond acceptors (Lipinski definition) is 2. The molecule has 1 unspecified atom stereocenters. The summed E-state index contributed by atoms with van der Waals surface area (Å²) in [4.78, 5) is 14.5. The molecule has 1 aromatic carbocycles. The second kappa shape index (κ2) is 21.5. The van der Waals surface area contributed by atoms with Gasteiger partial charge in [0, 0.05) is 30.5 Å². The fourth-order valence-electron chi connectivity index (χ4n) is 3.97. The van der Waals surface area contributed by atoms with E-state index in [-0.39, 0.29) is 6.03 Å². The molecule has 0 aromatic heterocycles. The minimum absolute atomic E-state index is 0.0129. The fraction of sp³-hybridized carbons (Fsp3) is 0.545. The first-order valence-electron chi connectivity index (χ1n) is 14.3. The van der Waals surface area contributed by atoms with Crippen LogP contribution in [0.4, 0.5) is 10.5 Å². The third kappa shape index (κ3) is 15.1. The summed E-state index contributed by atoms with van der Waals surface area (Å²) in [5, 5.41) is 6.32. The summed E-state index contributed by atoms with van der Waals surface area (Å²) in [6, 6.07) is 4.52. The highest BCUT2D eigenvalue weighted by atomic mass is 35.5. The quantitative estimate of drug-likeness (QED) is 0.166. The number of amides is 2. The Balaban J connectivity index is 0.000000805. The lowest BCUT2D eigenvalue weighted by molar-refractivity contribution is 0.210. The van der Waals surface area contributed by atoms with Crippen LogP contribution in [0.25, 0.3) is 0 Å². The minimum atomic E-state index is -0.0129. The predicted molar refractivity (Wildman–Crippen MR) is 170 cm³/mol. The van der Waals surface area contributed by atoms with Crippen LogP contribution in [0.5, 0.6) is 0 Å². The standard InChI is InChI=1S/C19H28ClN3O.C8H12.C6H14/c1-5-16-10-17(12-21-14(3)11-20)18(9-13(16)2)22-19(24)23-8-6-7-15(23)4;1-4-5-6-7-8(2)3;1-3-5-6-4-2/h9-10,15,21H,3,5-8,11-12H2,1-2,4H3,(H,22,24);4-7H,2H2,1,3H3;3-6H2,1-2H3/b;5-4-,7-6-;. The maximum Gasteiger partial charge on any atom is 0.322 e. The van der Waals surface area contributed by atoms with Crippen LogP contribution in [-0.4, -0.2) is 29.4 Å². The summed E-state index contributed by atoms with van der Waals surface area (Å²) < 4.78 is 0. The molecule has 0 radical (unpaired) electrons. The summed E-state index contributed by atoms with van der Waals surface area (Å²) >= 11 is 5.79. The van der Waals surface area contributed by atoms with Crippen LogP contribution in [0.15, 0.2) is 60.9 Å². The van der Waals surface area contributed by atoms with Gasteiger partial charge in [-0.05, 0) is 69.7 Å². The molecule has 0 saturated carbocycles. The van der Waals surface area contributed by atoms with E-state index in [0.717, 1.165) is 48.3 Å². The minimum Gasteiger partial charge on any atom is -0.384 e. The molecule has 1 aliphatic heterocycles. The van der Waals surface area contributed by atoms with Gasteiger partial charge >= 0.3 is 6.03 Å². The van der Waals surface area contributed by atoms with E-state index < -0.39 is 0 Å². The molecule has 38 heavy (non-hydrogen) atoms. The number of anilines is 1. The second-order valence-electron chi connectivity index (χ2n) is 9.93. The van der Waals surface area contributed by atoms with E-state index in [2.05, 4.69) is 70.5 Å². The number of unbranched alkanes of at least 4 members (excludes halogenated alkanes) is 3. The van der Waals surface area contributed by atoms with E-state index >= 15 is 0 Å². The van der Waals surface area contributed by atoms with Gasteiger partial charge in [0.05, 0.1) is 5.88 Å². The molecule has 0 spiro atoms. The Kier molecular flexibility index (Phi) is 20.1. The molecule has 1 aliphatic rings. The van der Waals surface area contributed by atoms with E-state index in [4.69, 9.17) is 11.6 Å². The number of allylic oxidation sites excluding steroid dienone is 6. The lowest BCUT2D eigenvalue weighted by atomic mass is 10.0. The Morgan fingerprint density at radius 3 is 2.26 bits per heavy atom. The number of hydrogen-bond donors (Lipinski definition) is 2. The molecule has 1 atom stereocenters. The van der Waals surface area contributed by atoms with Gasteiger partial charge in [-0.15, -0.1) is 11.6 Å². The number of nitrogens with one attached hydrogen (secondary N) is 2. The predicted octanol–water partition coefficient (Wildman–Crippen LogP) is 9.70. The Morgan fingerprint density at radius 1 is 1.13 bits per heavy atom. The van der Waals surface area contributed by atoms with Crippen molar-refractivity contribution in [1.29, 1.82) is 0 Å². The number of alkyl halides is 1. The van der Waals surface area contributed by atoms with Gasteiger partial charge in [-0.2, -0.15) is 0 Å². The van der Waals surface area contributed by atoms with Crippen LogP contribution in [-0.2, 0) is 13.0 Å². The summed E-state index contributed by atoms with van der Waals surface area (Å²) in [5.74, 6) is 0.374. The van der Waals surface area contributed by atoms with Gasteiger partial charge in [-0.25, -0.2) is 4.79 Å². The van der Waals surface area contributed by atoms with Crippen molar-refractivity contribution in [3.8, 4) is 0 Å². The maximum absolute atomic E-state index is 12.6. The molecule has 2 amide bonds. The van der Waals surface area contributed by atoms with Gasteiger partial charge < -0.3 is 15.5 Å². The molecule has 2 rings (SSSR count). The highest BCUT2D eigenvalue weighted by Gasteiger charge is 2.25. The number of urea groups is 1. The van der Waals surface area contributed by atoms with Gasteiger partial charge in [0.1, 0.15) is 0 Å². The largest absolute Gasteiger partial charge is 0.384 e. The highest BCUT2D eigenvalue weighted by molar-refractivity contribution is 6.19. The first kappa shape index (κ1) is 35.5. The number of halogens is 1. The summed E-state index contributed by atoms with van der Waals surface area (Å²) in [7, 11) is 0. The summed E-state index contributed by atoms with van der Waals surface area (Å²) in [6.45, 7) is 23.8. The van der Waals surface area contributed by atoms with E-state index in [1.165, 1.54) is 36.8 Å². The van der Waals surface area contributed by atoms with E-state index in [0.29, 0.717) is 18.5 Å². The van der Waals surface area contributed by atoms with Crippen molar-refractivity contribution >= 4 is 23.3 Å². The van der Waals surface area contributed by atoms with Crippen molar-refractivity contribution in [3.63, 3.8) is 0 Å². The molecule has 1 fully saturated rings. The number of aryl methyl sites for hydroxylation is 2. The van der Waals surface area contributed by atoms with Gasteiger partial charge in [0.2, 0.25) is 0 Å². The number of rotatable bonds is 11. The monoisotopic (exact) mass is 543 g/mol. The van der Waals surface area contributed by atoms with E-state index in [1.807, 2.05) is 43.1 Å². The van der Waals surface area contributed by atoms with Crippen LogP contribution >= 0.6 is 11.6 Å². The molecular weight excluding hydrogens is 490 g/mol. The van der Waals surface area contributed by atoms with E-state index in [1.54, 1.807) is 0 Å². The van der Waals surface area contributed by atoms with Crippen molar-refractivity contribution in [1.82, 2.24) is 10.2 Å². The number of carbonyl (C=O) groups is 1. The zero-order valence-electron chi connectivity index (χ0n) is 25.3. The van der Waals surface area contributed by atoms with Crippen LogP contribution in [0.1, 0.15) is 96.8 Å². The molecule has 214 valence electrons. The molecule has 0 bridgehead atoms. The van der Waals surface area contributed by atoms with Crippen LogP contribution in [0.2, 0.25) is 0 Å². The first-order chi connectivity index (χ1) is 18.1. The Hall–Kier alpha value is -2.46. The Labute approximate surface area is 239 Å². The van der Waals surface area contributed by atoms with Crippen LogP contribution in [0.3, 0.4) is 0 Å². The number of likely N-dealkylation sites (tertiary alicyclic amines) is 1. The van der Waals surface area contributed by atoms with Crippen LogP contribution < -0.4 is 10.6 Å². The third-order valence-electron chi connectivity index (χ3n) is 6.33. The molecule has 5 heteroatoms. The van der Waals surface area contributed by atoms with Crippen molar-refractivity contribution in [2.45, 2.75) is 106 Å². The van der Waals surface area contributed by atoms with E-state index in [9.17, 15) is 4.79 Å². The number of nitrogens with zero attached hydrogens (tertiary/aromatic N) is 1. The fourth-order valence-corrected chi connectivity index (χ4v) is 4.06. The van der Waals surface area contributed by atoms with Gasteiger partial charge in [-0.1, -0.05) is 95.6 Å². The van der Waals surface area contributed by atoms with Crippen molar-refractivity contribution in [3.05, 3.63) is 77.6 Å². The van der Waals surface area contributed by atoms with Crippen molar-refractivity contribution in [2.24, 2.45) is 0 Å². The van der Waals surface area contributed by atoms with Crippen molar-refractivity contribution in [2.75, 3.05) is 17.7 Å². The van der Waals surface area contributed by atoms with Gasteiger partial charge in [-0.3, -0.25) is 0 Å². The summed E-state index contributed by atoms with van der Waals surface area (Å²) in [5.41, 5.74) is 6.27. The second-order valence-corrected chi connectivity index (χ2v) is 10.2. The van der Waals surface area contributed by atoms with Crippen molar-refractivity contribution < 1.29 is 4.79 Å². The Bertz CT molecular complexity index is 900. The summed E-state index contributed by atoms with van der Waals surface area (Å²) in [6.07, 6.45) is 16.6. The topological polar surface area (TPSA) is 44.4 Å². The zero-order chi connectivity index (χ0) is 28.9. The van der Waals surface area contributed by atoms with Gasteiger partial charge in [0.15, 0.2) is 0 Å². The normalized spacial score (nSPS) is 14.5. The smallest absolute Gasteiger partial charge is 0.322 e. The number of carbonyl (C=O) groups excluding carboxylic acids is 1. The molecule has 1 aromatic rings. The maximum atomic E-state index is 12.6. The highest BCUT2D eigenvalue weighted by Crippen LogP contribution is 2.24. The van der Waals surface area contributed by atoms with Gasteiger partial charge in [0.25, 0.3) is 0 Å².